The van der Waals surface area contributed by atoms with Gasteiger partial charge in [0.05, 0.1) is 13.1 Å². The van der Waals surface area contributed by atoms with Gasteiger partial charge in [-0.05, 0) is 42.2 Å². The first-order valence-corrected chi connectivity index (χ1v) is 9.28. The molecule has 4 rings (SSSR count). The predicted octanol–water partition coefficient (Wildman–Crippen LogP) is 2.90. The quantitative estimate of drug-likeness (QED) is 0.831. The molecule has 2 aliphatic rings. The van der Waals surface area contributed by atoms with Gasteiger partial charge in [0.25, 0.3) is 0 Å². The fourth-order valence-electron chi connectivity index (χ4n) is 3.43. The van der Waals surface area contributed by atoms with Gasteiger partial charge in [0, 0.05) is 23.7 Å². The van der Waals surface area contributed by atoms with Crippen LogP contribution in [0, 0.1) is 5.82 Å². The molecule has 0 spiro atoms. The number of halogens is 1. The van der Waals surface area contributed by atoms with Crippen LogP contribution in [0.25, 0.3) is 11.1 Å². The van der Waals surface area contributed by atoms with Crippen molar-refractivity contribution in [3.05, 3.63) is 53.8 Å². The summed E-state index contributed by atoms with van der Waals surface area (Å²) in [5.74, 6) is -0.454. The number of benzene rings is 2. The molecule has 2 fully saturated rings. The minimum atomic E-state index is -0.504. The number of ether oxygens (including phenoxy) is 1. The standard InChI is InChI=1S/C21H22FN3O3/c1-13(26)24-11-17-12-25(20(27)28-17)16-5-2-14(3-6-16)15-4-7-18(19(22)10-15)21(23)8-9-21/h2-7,10,17H,8-9,11-12,23H2,1H3,(H,24,26)/t17-/m0/s1. The van der Waals surface area contributed by atoms with Crippen molar-refractivity contribution in [2.45, 2.75) is 31.4 Å². The zero-order valence-electron chi connectivity index (χ0n) is 15.6. The van der Waals surface area contributed by atoms with E-state index in [4.69, 9.17) is 10.5 Å². The lowest BCUT2D eigenvalue weighted by atomic mass is 9.99. The van der Waals surface area contributed by atoms with Gasteiger partial charge >= 0.3 is 6.09 Å². The Morgan fingerprint density at radius 3 is 2.54 bits per heavy atom. The third-order valence-corrected chi connectivity index (χ3v) is 5.26. The van der Waals surface area contributed by atoms with Crippen molar-refractivity contribution >= 4 is 17.7 Å². The third-order valence-electron chi connectivity index (χ3n) is 5.26. The molecule has 2 aromatic rings. The predicted molar refractivity (Wildman–Crippen MR) is 103 cm³/mol. The SMILES string of the molecule is CC(=O)NC[C@H]1CN(c2ccc(-c3ccc(C4(N)CC4)c(F)c3)cc2)C(=O)O1. The molecule has 0 unspecified atom stereocenters. The van der Waals surface area contributed by atoms with Crippen molar-refractivity contribution in [1.82, 2.24) is 5.32 Å². The summed E-state index contributed by atoms with van der Waals surface area (Å²) in [6.07, 6.45) is 0.791. The molecule has 1 heterocycles. The number of anilines is 1. The Morgan fingerprint density at radius 2 is 1.93 bits per heavy atom. The summed E-state index contributed by atoms with van der Waals surface area (Å²) in [6.45, 7) is 2.06. The van der Waals surface area contributed by atoms with E-state index in [1.807, 2.05) is 18.2 Å². The Labute approximate surface area is 162 Å². The van der Waals surface area contributed by atoms with E-state index >= 15 is 0 Å². The second-order valence-electron chi connectivity index (χ2n) is 7.45. The van der Waals surface area contributed by atoms with Crippen LogP contribution < -0.4 is 16.0 Å². The van der Waals surface area contributed by atoms with Crippen molar-refractivity contribution in [3.63, 3.8) is 0 Å². The second kappa shape index (κ2) is 6.91. The van der Waals surface area contributed by atoms with Crippen molar-refractivity contribution in [2.24, 2.45) is 5.73 Å². The zero-order chi connectivity index (χ0) is 19.9. The number of carbonyl (C=O) groups excluding carboxylic acids is 2. The molecule has 1 atom stereocenters. The first-order chi connectivity index (χ1) is 13.4. The average Bonchev–Trinajstić information content (AvgIpc) is 3.30. The molecule has 0 aromatic heterocycles. The maximum atomic E-state index is 14.4. The lowest BCUT2D eigenvalue weighted by molar-refractivity contribution is -0.119. The van der Waals surface area contributed by atoms with Gasteiger partial charge in [-0.15, -0.1) is 0 Å². The van der Waals surface area contributed by atoms with Gasteiger partial charge in [0.2, 0.25) is 5.91 Å². The highest BCUT2D eigenvalue weighted by Crippen LogP contribution is 2.44. The van der Waals surface area contributed by atoms with Gasteiger partial charge in [-0.1, -0.05) is 24.3 Å². The van der Waals surface area contributed by atoms with Gasteiger partial charge in [-0.2, -0.15) is 0 Å². The number of carbonyl (C=O) groups is 2. The third kappa shape index (κ3) is 3.57. The lowest BCUT2D eigenvalue weighted by Gasteiger charge is -2.15. The number of nitrogens with one attached hydrogen (secondary N) is 1. The van der Waals surface area contributed by atoms with Gasteiger partial charge < -0.3 is 15.8 Å². The second-order valence-corrected chi connectivity index (χ2v) is 7.45. The summed E-state index contributed by atoms with van der Waals surface area (Å²) in [4.78, 5) is 24.6. The molecule has 1 aliphatic carbocycles. The van der Waals surface area contributed by atoms with Crippen molar-refractivity contribution in [3.8, 4) is 11.1 Å². The summed E-state index contributed by atoms with van der Waals surface area (Å²) >= 11 is 0. The Morgan fingerprint density at radius 1 is 1.25 bits per heavy atom. The van der Waals surface area contributed by atoms with Crippen molar-refractivity contribution in [2.75, 3.05) is 18.0 Å². The fourth-order valence-corrected chi connectivity index (χ4v) is 3.43. The number of hydrogen-bond donors (Lipinski definition) is 2. The first-order valence-electron chi connectivity index (χ1n) is 9.28. The zero-order valence-corrected chi connectivity index (χ0v) is 15.6. The van der Waals surface area contributed by atoms with E-state index in [1.165, 1.54) is 17.9 Å². The van der Waals surface area contributed by atoms with Crippen LogP contribution in [0.5, 0.6) is 0 Å². The molecular weight excluding hydrogens is 361 g/mol. The maximum Gasteiger partial charge on any atom is 0.414 e. The van der Waals surface area contributed by atoms with E-state index in [0.717, 1.165) is 24.0 Å². The van der Waals surface area contributed by atoms with Gasteiger partial charge in [0.1, 0.15) is 11.9 Å². The lowest BCUT2D eigenvalue weighted by Crippen LogP contribution is -2.33. The van der Waals surface area contributed by atoms with Crippen LogP contribution in [-0.2, 0) is 15.1 Å². The Kier molecular flexibility index (Phi) is 4.55. The van der Waals surface area contributed by atoms with Crippen LogP contribution in [0.4, 0.5) is 14.9 Å². The maximum absolute atomic E-state index is 14.4. The van der Waals surface area contributed by atoms with Crippen LogP contribution in [0.1, 0.15) is 25.3 Å². The fraction of sp³-hybridized carbons (Fsp3) is 0.333. The molecule has 146 valence electrons. The van der Waals surface area contributed by atoms with E-state index < -0.39 is 11.6 Å². The highest BCUT2D eigenvalue weighted by molar-refractivity contribution is 5.90. The molecular formula is C21H22FN3O3. The number of rotatable bonds is 5. The highest BCUT2D eigenvalue weighted by Gasteiger charge is 2.42. The van der Waals surface area contributed by atoms with E-state index in [9.17, 15) is 14.0 Å². The average molecular weight is 383 g/mol. The van der Waals surface area contributed by atoms with Crippen molar-refractivity contribution < 1.29 is 18.7 Å². The number of hydrogen-bond acceptors (Lipinski definition) is 4. The molecule has 1 saturated heterocycles. The topological polar surface area (TPSA) is 84.7 Å². The van der Waals surface area contributed by atoms with Crippen LogP contribution in [-0.4, -0.2) is 31.2 Å². The molecule has 0 radical (unpaired) electrons. The van der Waals surface area contributed by atoms with E-state index in [2.05, 4.69) is 5.32 Å². The minimum absolute atomic E-state index is 0.167. The summed E-state index contributed by atoms with van der Waals surface area (Å²) in [6, 6.07) is 12.4. The van der Waals surface area contributed by atoms with E-state index in [0.29, 0.717) is 17.8 Å². The van der Waals surface area contributed by atoms with E-state index in [1.54, 1.807) is 18.2 Å². The number of cyclic esters (lactones) is 1. The Balaban J connectivity index is 1.48. The summed E-state index contributed by atoms with van der Waals surface area (Å²) in [5, 5.41) is 2.65. The molecule has 7 heteroatoms. The van der Waals surface area contributed by atoms with Crippen LogP contribution in [0.3, 0.4) is 0 Å². The monoisotopic (exact) mass is 383 g/mol. The summed E-state index contributed by atoms with van der Waals surface area (Å²) in [5.41, 5.74) is 8.45. The molecule has 6 nitrogen and oxygen atoms in total. The highest BCUT2D eigenvalue weighted by atomic mass is 19.1. The van der Waals surface area contributed by atoms with Gasteiger partial charge in [0.15, 0.2) is 0 Å². The smallest absolute Gasteiger partial charge is 0.414 e. The molecule has 2 aromatic carbocycles. The van der Waals surface area contributed by atoms with Crippen LogP contribution in [0.2, 0.25) is 0 Å². The number of nitrogens with zero attached hydrogens (tertiary/aromatic N) is 1. The molecule has 2 amide bonds. The molecule has 1 aliphatic heterocycles. The van der Waals surface area contributed by atoms with Gasteiger partial charge in [-0.25, -0.2) is 9.18 Å². The van der Waals surface area contributed by atoms with Crippen LogP contribution >= 0.6 is 0 Å². The van der Waals surface area contributed by atoms with Crippen molar-refractivity contribution in [1.29, 1.82) is 0 Å². The summed E-state index contributed by atoms with van der Waals surface area (Å²) < 4.78 is 19.7. The molecule has 3 N–H and O–H groups in total. The summed E-state index contributed by atoms with van der Waals surface area (Å²) in [7, 11) is 0. The Hall–Kier alpha value is -2.93. The van der Waals surface area contributed by atoms with E-state index in [-0.39, 0.29) is 24.4 Å². The molecule has 0 bridgehead atoms. The number of amides is 2. The minimum Gasteiger partial charge on any atom is -0.442 e. The Bertz CT molecular complexity index is 925. The largest absolute Gasteiger partial charge is 0.442 e. The molecule has 1 saturated carbocycles. The van der Waals surface area contributed by atoms with Crippen LogP contribution in [0.15, 0.2) is 42.5 Å². The first kappa shape index (κ1) is 18.4. The van der Waals surface area contributed by atoms with Gasteiger partial charge in [-0.3, -0.25) is 9.69 Å². The number of nitrogens with two attached hydrogens (primary N) is 1. The normalized spacial score (nSPS) is 20.0. The molecule has 28 heavy (non-hydrogen) atoms.